The third-order valence-electron chi connectivity index (χ3n) is 2.34. The van der Waals surface area contributed by atoms with Crippen LogP contribution in [-0.2, 0) is 14.3 Å². The predicted molar refractivity (Wildman–Crippen MR) is 55.6 cm³/mol. The number of Topliss-reactive ketones (excluding diaryl/α,β-unsaturated/α-hetero) is 1. The van der Waals surface area contributed by atoms with Crippen LogP contribution < -0.4 is 0 Å². The van der Waals surface area contributed by atoms with Crippen LogP contribution in [0.3, 0.4) is 0 Å². The van der Waals surface area contributed by atoms with Crippen molar-refractivity contribution in [3.05, 3.63) is 11.3 Å². The fraction of sp³-hybridized carbons (Fsp3) is 0.727. The van der Waals surface area contributed by atoms with E-state index >= 15 is 0 Å². The zero-order chi connectivity index (χ0) is 11.3. The SMILES string of the molecule is CCOC(OCC)C(O)=C1CCCC1=O. The van der Waals surface area contributed by atoms with Gasteiger partial charge < -0.3 is 14.6 Å². The molecule has 0 bridgehead atoms. The second-order valence-corrected chi connectivity index (χ2v) is 3.38. The topological polar surface area (TPSA) is 55.8 Å². The van der Waals surface area contributed by atoms with Gasteiger partial charge in [-0.05, 0) is 26.7 Å². The van der Waals surface area contributed by atoms with Crippen molar-refractivity contribution in [1.82, 2.24) is 0 Å². The van der Waals surface area contributed by atoms with Crippen LogP contribution in [0.15, 0.2) is 11.3 Å². The Labute approximate surface area is 89.9 Å². The van der Waals surface area contributed by atoms with E-state index in [2.05, 4.69) is 0 Å². The summed E-state index contributed by atoms with van der Waals surface area (Å²) in [7, 11) is 0. The molecule has 1 aliphatic rings. The quantitative estimate of drug-likeness (QED) is 0.432. The fourth-order valence-corrected chi connectivity index (χ4v) is 1.64. The van der Waals surface area contributed by atoms with E-state index in [1.165, 1.54) is 0 Å². The van der Waals surface area contributed by atoms with Crippen LogP contribution >= 0.6 is 0 Å². The van der Waals surface area contributed by atoms with E-state index in [4.69, 9.17) is 9.47 Å². The molecule has 1 aliphatic carbocycles. The molecule has 0 heterocycles. The number of hydrogen-bond donors (Lipinski definition) is 1. The van der Waals surface area contributed by atoms with Gasteiger partial charge in [0, 0.05) is 25.2 Å². The molecule has 1 fully saturated rings. The molecule has 0 aliphatic heterocycles. The second kappa shape index (κ2) is 5.88. The minimum Gasteiger partial charge on any atom is -0.507 e. The number of hydrogen-bond acceptors (Lipinski definition) is 4. The van der Waals surface area contributed by atoms with Gasteiger partial charge in [0.05, 0.1) is 0 Å². The average Bonchev–Trinajstić information content (AvgIpc) is 2.63. The Kier molecular flexibility index (Phi) is 4.78. The van der Waals surface area contributed by atoms with Gasteiger partial charge in [-0.15, -0.1) is 0 Å². The molecular weight excluding hydrogens is 196 g/mol. The zero-order valence-corrected chi connectivity index (χ0v) is 9.28. The van der Waals surface area contributed by atoms with Gasteiger partial charge in [0.1, 0.15) is 0 Å². The van der Waals surface area contributed by atoms with Gasteiger partial charge in [-0.25, -0.2) is 0 Å². The van der Waals surface area contributed by atoms with Gasteiger partial charge in [0.25, 0.3) is 0 Å². The molecule has 1 saturated carbocycles. The van der Waals surface area contributed by atoms with Crippen LogP contribution in [-0.4, -0.2) is 30.4 Å². The summed E-state index contributed by atoms with van der Waals surface area (Å²) >= 11 is 0. The highest BCUT2D eigenvalue weighted by molar-refractivity contribution is 5.97. The normalized spacial score (nSPS) is 20.1. The van der Waals surface area contributed by atoms with Crippen LogP contribution in [0.5, 0.6) is 0 Å². The van der Waals surface area contributed by atoms with E-state index in [9.17, 15) is 9.90 Å². The smallest absolute Gasteiger partial charge is 0.216 e. The lowest BCUT2D eigenvalue weighted by molar-refractivity contribution is -0.132. The highest BCUT2D eigenvalue weighted by Gasteiger charge is 2.26. The Morgan fingerprint density at radius 3 is 2.33 bits per heavy atom. The monoisotopic (exact) mass is 214 g/mol. The molecule has 0 atom stereocenters. The first kappa shape index (κ1) is 12.2. The molecule has 1 rings (SSSR count). The Morgan fingerprint density at radius 2 is 1.93 bits per heavy atom. The predicted octanol–water partition coefficient (Wildman–Crippen LogP) is 1.95. The molecule has 4 nitrogen and oxygen atoms in total. The van der Waals surface area contributed by atoms with Gasteiger partial charge in [-0.1, -0.05) is 0 Å². The van der Waals surface area contributed by atoms with Crippen molar-refractivity contribution >= 4 is 5.78 Å². The van der Waals surface area contributed by atoms with Gasteiger partial charge in [0.15, 0.2) is 11.5 Å². The summed E-state index contributed by atoms with van der Waals surface area (Å²) < 4.78 is 10.4. The van der Waals surface area contributed by atoms with E-state index in [0.717, 1.165) is 6.42 Å². The summed E-state index contributed by atoms with van der Waals surface area (Å²) in [5, 5.41) is 9.85. The van der Waals surface area contributed by atoms with Crippen LogP contribution in [0.2, 0.25) is 0 Å². The van der Waals surface area contributed by atoms with Crippen molar-refractivity contribution in [1.29, 1.82) is 0 Å². The lowest BCUT2D eigenvalue weighted by Gasteiger charge is -2.17. The maximum Gasteiger partial charge on any atom is 0.216 e. The Morgan fingerprint density at radius 1 is 1.33 bits per heavy atom. The first-order valence-corrected chi connectivity index (χ1v) is 5.39. The Bertz CT molecular complexity index is 251. The van der Waals surface area contributed by atoms with Crippen molar-refractivity contribution in [3.8, 4) is 0 Å². The number of allylic oxidation sites excluding steroid dienone is 1. The van der Waals surface area contributed by atoms with Gasteiger partial charge in [-0.2, -0.15) is 0 Å². The molecule has 0 radical (unpaired) electrons. The van der Waals surface area contributed by atoms with Crippen LogP contribution in [0.1, 0.15) is 33.1 Å². The molecular formula is C11H18O4. The van der Waals surface area contributed by atoms with E-state index in [1.54, 1.807) is 0 Å². The standard InChI is InChI=1S/C11H18O4/c1-3-14-11(15-4-2)10(13)8-6-5-7-9(8)12/h11,13H,3-7H2,1-2H3. The number of ether oxygens (including phenoxy) is 2. The summed E-state index contributed by atoms with van der Waals surface area (Å²) in [6.45, 7) is 4.52. The second-order valence-electron chi connectivity index (χ2n) is 3.38. The highest BCUT2D eigenvalue weighted by Crippen LogP contribution is 2.25. The van der Waals surface area contributed by atoms with Gasteiger partial charge in [-0.3, -0.25) is 4.79 Å². The molecule has 0 aromatic heterocycles. The molecule has 0 amide bonds. The fourth-order valence-electron chi connectivity index (χ4n) is 1.64. The molecule has 4 heteroatoms. The minimum absolute atomic E-state index is 0.0110. The molecule has 0 saturated heterocycles. The zero-order valence-electron chi connectivity index (χ0n) is 9.28. The molecule has 1 N–H and O–H groups in total. The lowest BCUT2D eigenvalue weighted by atomic mass is 10.2. The summed E-state index contributed by atoms with van der Waals surface area (Å²) in [5.41, 5.74) is 0.474. The van der Waals surface area contributed by atoms with Crippen molar-refractivity contribution in [2.24, 2.45) is 0 Å². The lowest BCUT2D eigenvalue weighted by Crippen LogP contribution is -2.22. The molecule has 0 spiro atoms. The molecule has 15 heavy (non-hydrogen) atoms. The van der Waals surface area contributed by atoms with Crippen molar-refractivity contribution in [2.75, 3.05) is 13.2 Å². The van der Waals surface area contributed by atoms with Gasteiger partial charge >= 0.3 is 0 Å². The first-order chi connectivity index (χ1) is 7.20. The minimum atomic E-state index is -0.781. The first-order valence-electron chi connectivity index (χ1n) is 5.39. The molecule has 0 unspecified atom stereocenters. The van der Waals surface area contributed by atoms with Crippen molar-refractivity contribution < 1.29 is 19.4 Å². The number of aliphatic hydroxyl groups excluding tert-OH is 1. The number of carbonyl (C=O) groups is 1. The van der Waals surface area contributed by atoms with Crippen LogP contribution in [0.4, 0.5) is 0 Å². The van der Waals surface area contributed by atoms with Crippen molar-refractivity contribution in [3.63, 3.8) is 0 Å². The summed E-state index contributed by atoms with van der Waals surface area (Å²) in [4.78, 5) is 11.4. The summed E-state index contributed by atoms with van der Waals surface area (Å²) in [6, 6.07) is 0. The number of rotatable bonds is 5. The van der Waals surface area contributed by atoms with E-state index < -0.39 is 6.29 Å². The Hall–Kier alpha value is -0.870. The highest BCUT2D eigenvalue weighted by atomic mass is 16.7. The van der Waals surface area contributed by atoms with E-state index in [1.807, 2.05) is 13.8 Å². The van der Waals surface area contributed by atoms with E-state index in [-0.39, 0.29) is 11.5 Å². The summed E-state index contributed by atoms with van der Waals surface area (Å²) in [6.07, 6.45) is 1.17. The average molecular weight is 214 g/mol. The maximum atomic E-state index is 11.4. The summed E-state index contributed by atoms with van der Waals surface area (Å²) in [5.74, 6) is -0.0295. The third kappa shape index (κ3) is 3.04. The largest absolute Gasteiger partial charge is 0.507 e. The molecule has 0 aromatic rings. The van der Waals surface area contributed by atoms with Gasteiger partial charge in [0.2, 0.25) is 6.29 Å². The van der Waals surface area contributed by atoms with Crippen molar-refractivity contribution in [2.45, 2.75) is 39.4 Å². The maximum absolute atomic E-state index is 11.4. The van der Waals surface area contributed by atoms with Crippen LogP contribution in [0.25, 0.3) is 0 Å². The third-order valence-corrected chi connectivity index (χ3v) is 2.34. The van der Waals surface area contributed by atoms with Crippen LogP contribution in [0, 0.1) is 0 Å². The Balaban J connectivity index is 2.76. The molecule has 86 valence electrons. The van der Waals surface area contributed by atoms with E-state index in [0.29, 0.717) is 31.6 Å². The number of carbonyl (C=O) groups excluding carboxylic acids is 1. The number of ketones is 1. The number of aliphatic hydroxyl groups is 1. The molecule has 0 aromatic carbocycles.